The smallest absolute Gasteiger partial charge is 0.101 e. The van der Waals surface area contributed by atoms with Crippen molar-refractivity contribution in [2.24, 2.45) is 0 Å². The molecule has 1 atom stereocenters. The van der Waals surface area contributed by atoms with Crippen LogP contribution >= 0.6 is 23.4 Å². The van der Waals surface area contributed by atoms with Crippen molar-refractivity contribution in [2.75, 3.05) is 23.9 Å². The Hall–Kier alpha value is -0.890. The number of hydrogen-bond donors (Lipinski definition) is 2. The van der Waals surface area contributed by atoms with E-state index in [4.69, 9.17) is 16.9 Å². The van der Waals surface area contributed by atoms with E-state index in [-0.39, 0.29) is 0 Å². The van der Waals surface area contributed by atoms with Gasteiger partial charge in [-0.15, -0.1) is 0 Å². The molecule has 0 bridgehead atoms. The Balaban J connectivity index is 2.73. The third-order valence-electron chi connectivity index (χ3n) is 2.22. The molecule has 0 radical (unpaired) electrons. The number of aliphatic hydroxyl groups is 1. The fourth-order valence-corrected chi connectivity index (χ4v) is 2.31. The van der Waals surface area contributed by atoms with E-state index in [0.717, 1.165) is 0 Å². The van der Waals surface area contributed by atoms with Crippen LogP contribution < -0.4 is 5.32 Å². The largest absolute Gasteiger partial charge is 0.387 e. The second-order valence-corrected chi connectivity index (χ2v) is 5.39. The molecule has 0 spiro atoms. The highest BCUT2D eigenvalue weighted by Gasteiger charge is 2.19. The van der Waals surface area contributed by atoms with Gasteiger partial charge in [0.2, 0.25) is 0 Å². The lowest BCUT2D eigenvalue weighted by atomic mass is 10.1. The lowest BCUT2D eigenvalue weighted by Crippen LogP contribution is -2.36. The van der Waals surface area contributed by atoms with Gasteiger partial charge in [0.25, 0.3) is 0 Å². The van der Waals surface area contributed by atoms with Crippen LogP contribution in [0.1, 0.15) is 12.5 Å². The van der Waals surface area contributed by atoms with Gasteiger partial charge in [-0.25, -0.2) is 0 Å². The van der Waals surface area contributed by atoms with Gasteiger partial charge < -0.3 is 10.4 Å². The number of hydrogen-bond acceptors (Lipinski definition) is 4. The summed E-state index contributed by atoms with van der Waals surface area (Å²) in [5.41, 5.74) is 0.377. The molecule has 2 N–H and O–H groups in total. The van der Waals surface area contributed by atoms with Crippen molar-refractivity contribution in [1.29, 1.82) is 5.26 Å². The maximum Gasteiger partial charge on any atom is 0.101 e. The number of nitrogens with zero attached hydrogens (tertiary/aromatic N) is 1. The summed E-state index contributed by atoms with van der Waals surface area (Å²) < 4.78 is 0. The van der Waals surface area contributed by atoms with Crippen LogP contribution in [0.5, 0.6) is 0 Å². The van der Waals surface area contributed by atoms with Crippen LogP contribution in [0.15, 0.2) is 18.2 Å². The van der Waals surface area contributed by atoms with Crippen molar-refractivity contribution < 1.29 is 5.11 Å². The third kappa shape index (κ3) is 4.47. The normalized spacial score (nSPS) is 13.8. The number of rotatable bonds is 5. The summed E-state index contributed by atoms with van der Waals surface area (Å²) in [5, 5.41) is 22.6. The zero-order valence-corrected chi connectivity index (χ0v) is 11.4. The Morgan fingerprint density at radius 2 is 2.29 bits per heavy atom. The molecular weight excluding hydrogens is 256 g/mol. The molecule has 92 valence electrons. The third-order valence-corrected chi connectivity index (χ3v) is 3.36. The molecule has 0 aromatic heterocycles. The first kappa shape index (κ1) is 14.2. The topological polar surface area (TPSA) is 56.0 Å². The number of thioether (sulfide) groups is 1. The molecule has 3 nitrogen and oxygen atoms in total. The van der Waals surface area contributed by atoms with Crippen LogP contribution in [0.25, 0.3) is 0 Å². The van der Waals surface area contributed by atoms with Gasteiger partial charge in [0, 0.05) is 17.3 Å². The molecular formula is C12H15ClN2OS. The maximum absolute atomic E-state index is 10.0. The SMILES string of the molecule is CSCC(C)(O)CNc1ccc(Cl)cc1C#N. The second kappa shape index (κ2) is 6.15. The zero-order chi connectivity index (χ0) is 12.9. The quantitative estimate of drug-likeness (QED) is 0.864. The van der Waals surface area contributed by atoms with Crippen molar-refractivity contribution in [2.45, 2.75) is 12.5 Å². The lowest BCUT2D eigenvalue weighted by molar-refractivity contribution is 0.0997. The lowest BCUT2D eigenvalue weighted by Gasteiger charge is -2.23. The van der Waals surface area contributed by atoms with Gasteiger partial charge >= 0.3 is 0 Å². The van der Waals surface area contributed by atoms with E-state index in [1.54, 1.807) is 36.9 Å². The van der Waals surface area contributed by atoms with Crippen molar-refractivity contribution >= 4 is 29.1 Å². The average Bonchev–Trinajstić information content (AvgIpc) is 2.27. The molecule has 17 heavy (non-hydrogen) atoms. The Morgan fingerprint density at radius 1 is 1.59 bits per heavy atom. The van der Waals surface area contributed by atoms with Crippen molar-refractivity contribution in [3.63, 3.8) is 0 Å². The predicted molar refractivity (Wildman–Crippen MR) is 73.7 cm³/mol. The molecule has 0 saturated carbocycles. The number of nitriles is 1. The Morgan fingerprint density at radius 3 is 2.88 bits per heavy atom. The number of halogens is 1. The fraction of sp³-hybridized carbons (Fsp3) is 0.417. The highest BCUT2D eigenvalue weighted by Crippen LogP contribution is 2.21. The van der Waals surface area contributed by atoms with Crippen LogP contribution in [0.2, 0.25) is 5.02 Å². The van der Waals surface area contributed by atoms with Crippen LogP contribution in [0.3, 0.4) is 0 Å². The van der Waals surface area contributed by atoms with Crippen molar-refractivity contribution in [1.82, 2.24) is 0 Å². The maximum atomic E-state index is 10.0. The minimum Gasteiger partial charge on any atom is -0.387 e. The molecule has 0 aliphatic heterocycles. The zero-order valence-electron chi connectivity index (χ0n) is 9.83. The molecule has 0 saturated heterocycles. The molecule has 0 amide bonds. The first-order valence-electron chi connectivity index (χ1n) is 5.13. The fourth-order valence-electron chi connectivity index (χ4n) is 1.41. The summed E-state index contributed by atoms with van der Waals surface area (Å²) in [6.07, 6.45) is 1.94. The number of benzene rings is 1. The first-order valence-corrected chi connectivity index (χ1v) is 6.90. The summed E-state index contributed by atoms with van der Waals surface area (Å²) in [4.78, 5) is 0. The van der Waals surface area contributed by atoms with E-state index >= 15 is 0 Å². The van der Waals surface area contributed by atoms with Crippen LogP contribution in [-0.4, -0.2) is 29.3 Å². The van der Waals surface area contributed by atoms with E-state index in [9.17, 15) is 5.11 Å². The Bertz CT molecular complexity index is 429. The summed E-state index contributed by atoms with van der Waals surface area (Å²) in [5.74, 6) is 0.634. The molecule has 1 aromatic carbocycles. The van der Waals surface area contributed by atoms with Gasteiger partial charge in [-0.1, -0.05) is 11.6 Å². The highest BCUT2D eigenvalue weighted by atomic mass is 35.5. The average molecular weight is 271 g/mol. The first-order chi connectivity index (χ1) is 7.98. The van der Waals surface area contributed by atoms with Gasteiger partial charge in [-0.2, -0.15) is 17.0 Å². The van der Waals surface area contributed by atoms with E-state index in [1.807, 2.05) is 6.26 Å². The van der Waals surface area contributed by atoms with Gasteiger partial charge in [-0.3, -0.25) is 0 Å². The van der Waals surface area contributed by atoms with Crippen molar-refractivity contribution in [3.05, 3.63) is 28.8 Å². The summed E-state index contributed by atoms with van der Waals surface area (Å²) in [6, 6.07) is 7.14. The molecule has 0 heterocycles. The minimum absolute atomic E-state index is 0.393. The van der Waals surface area contributed by atoms with Crippen LogP contribution in [0.4, 0.5) is 5.69 Å². The molecule has 1 unspecified atom stereocenters. The Kier molecular flexibility index (Phi) is 5.13. The highest BCUT2D eigenvalue weighted by molar-refractivity contribution is 7.98. The minimum atomic E-state index is -0.800. The van der Waals surface area contributed by atoms with Gasteiger partial charge in [0.05, 0.1) is 16.9 Å². The monoisotopic (exact) mass is 270 g/mol. The second-order valence-electron chi connectivity index (χ2n) is 4.09. The van der Waals surface area contributed by atoms with Crippen LogP contribution in [-0.2, 0) is 0 Å². The summed E-state index contributed by atoms with van der Waals surface area (Å²) >= 11 is 7.38. The van der Waals surface area contributed by atoms with Gasteiger partial charge in [0.15, 0.2) is 0 Å². The predicted octanol–water partition coefficient (Wildman–Crippen LogP) is 2.74. The van der Waals surface area contributed by atoms with Crippen molar-refractivity contribution in [3.8, 4) is 6.07 Å². The summed E-state index contributed by atoms with van der Waals surface area (Å²) in [7, 11) is 0. The van der Waals surface area contributed by atoms with E-state index < -0.39 is 5.60 Å². The molecule has 0 fully saturated rings. The summed E-state index contributed by atoms with van der Waals surface area (Å²) in [6.45, 7) is 2.16. The molecule has 5 heteroatoms. The van der Waals surface area contributed by atoms with Crippen LogP contribution in [0, 0.1) is 11.3 Å². The molecule has 1 rings (SSSR count). The van der Waals surface area contributed by atoms with E-state index in [0.29, 0.717) is 28.6 Å². The van der Waals surface area contributed by atoms with Gasteiger partial charge in [0.1, 0.15) is 6.07 Å². The number of nitrogens with one attached hydrogen (secondary N) is 1. The molecule has 1 aromatic rings. The molecule has 0 aliphatic carbocycles. The molecule has 0 aliphatic rings. The van der Waals surface area contributed by atoms with E-state index in [2.05, 4.69) is 11.4 Å². The standard InChI is InChI=1S/C12H15ClN2OS/c1-12(16,8-17-2)7-15-11-4-3-10(13)5-9(11)6-14/h3-5,15-16H,7-8H2,1-2H3. The van der Waals surface area contributed by atoms with Gasteiger partial charge in [-0.05, 0) is 31.4 Å². The van der Waals surface area contributed by atoms with E-state index in [1.165, 1.54) is 0 Å². The Labute approximate surface area is 111 Å². The number of anilines is 1.